The molecule has 1 unspecified atom stereocenters. The zero-order chi connectivity index (χ0) is 52.4. The fourth-order valence-electron chi connectivity index (χ4n) is 8.31. The van der Waals surface area contributed by atoms with Crippen LogP contribution in [0.1, 0.15) is 149 Å². The minimum absolute atomic E-state index is 0. The number of aromatic carboxylic acids is 2. The Morgan fingerprint density at radius 3 is 0.627 bits per heavy atom. The molecule has 12 heteroatoms. The van der Waals surface area contributed by atoms with Gasteiger partial charge in [0.25, 0.3) is 0 Å². The summed E-state index contributed by atoms with van der Waals surface area (Å²) in [6, 6.07) is 65.6. The van der Waals surface area contributed by atoms with Gasteiger partial charge in [-0.05, 0) is 71.8 Å². The molecule has 4 nitrogen and oxygen atoms in total. The molecular formula is C71H99Au2O4P2S2Ti2+. The van der Waals surface area contributed by atoms with Crippen molar-refractivity contribution < 1.29 is 108 Å². The largest absolute Gasteiger partial charge is 3.00 e. The quantitative estimate of drug-likeness (QED) is 0.0748. The zero-order valence-electron chi connectivity index (χ0n) is 50.9. The average Bonchev–Trinajstić information content (AvgIpc) is 4.34. The molecule has 4 aliphatic rings. The monoisotopic (exact) mass is 1630 g/mol. The van der Waals surface area contributed by atoms with Gasteiger partial charge < -0.3 is 80.0 Å². The van der Waals surface area contributed by atoms with Gasteiger partial charge in [0.15, 0.2) is 0 Å². The van der Waals surface area contributed by atoms with Crippen molar-refractivity contribution in [2.24, 2.45) is 0 Å². The minimum atomic E-state index is -0.921. The smallest absolute Gasteiger partial charge is 0.780 e. The van der Waals surface area contributed by atoms with E-state index in [-0.39, 0.29) is 144 Å². The van der Waals surface area contributed by atoms with Crippen LogP contribution in [0, 0.1) is 44.6 Å². The SMILES string of the molecule is C1CCCC1.C1CCCC1.C1CCCC1.C1CCCC1.CP.O=C(O)c1ccc([S-])cc1.O=C(O)c1ccc([S-])cc1.[Au+].[Au+].[CH3-].[CH3-].[CH3-].[CH3-].[CH3-].[CH3-].[Ti+3].[Ti+3].c1ccc(-c2ccccc2)cc1.c1ccc([PH+](c2ccccc2)c2ccccc2)cc1. The summed E-state index contributed by atoms with van der Waals surface area (Å²) in [5.74, 6) is -1.84. The van der Waals surface area contributed by atoms with Crippen LogP contribution >= 0.6 is 17.2 Å². The number of rotatable bonds is 6. The molecule has 0 spiro atoms. The van der Waals surface area contributed by atoms with Crippen molar-refractivity contribution in [3.63, 3.8) is 0 Å². The first-order valence-electron chi connectivity index (χ1n) is 26.5. The number of carbonyl (C=O) groups is 2. The van der Waals surface area contributed by atoms with Crippen molar-refractivity contribution in [2.45, 2.75) is 138 Å². The van der Waals surface area contributed by atoms with Gasteiger partial charge in [-0.1, -0.05) is 275 Å². The molecule has 458 valence electrons. The molecule has 4 aliphatic carbocycles. The van der Waals surface area contributed by atoms with E-state index in [1.165, 1.54) is 180 Å². The summed E-state index contributed by atoms with van der Waals surface area (Å²) in [5.41, 5.74) is 3.10. The summed E-state index contributed by atoms with van der Waals surface area (Å²) in [4.78, 5) is 21.9. The predicted molar refractivity (Wildman–Crippen MR) is 363 cm³/mol. The van der Waals surface area contributed by atoms with Crippen molar-refractivity contribution in [1.82, 2.24) is 0 Å². The molecule has 0 amide bonds. The molecular weight excluding hydrogens is 1530 g/mol. The second-order valence-electron chi connectivity index (χ2n) is 17.9. The Morgan fingerprint density at radius 1 is 0.313 bits per heavy atom. The molecule has 0 heterocycles. The van der Waals surface area contributed by atoms with Gasteiger partial charge in [0.1, 0.15) is 15.9 Å². The van der Waals surface area contributed by atoms with Gasteiger partial charge in [-0.3, -0.25) is 0 Å². The second kappa shape index (κ2) is 65.7. The maximum absolute atomic E-state index is 10.3. The molecule has 4 saturated carbocycles. The first kappa shape index (κ1) is 97.0. The van der Waals surface area contributed by atoms with Crippen LogP contribution in [-0.2, 0) is 113 Å². The topological polar surface area (TPSA) is 74.6 Å². The molecule has 0 aromatic heterocycles. The maximum Gasteiger partial charge on any atom is 3.00 e. The fourth-order valence-corrected chi connectivity index (χ4v) is 11.2. The van der Waals surface area contributed by atoms with Crippen LogP contribution in [0.25, 0.3) is 11.1 Å². The molecule has 0 bridgehead atoms. The van der Waals surface area contributed by atoms with E-state index in [1.807, 2.05) is 18.8 Å². The van der Waals surface area contributed by atoms with Crippen LogP contribution in [0.15, 0.2) is 210 Å². The zero-order valence-corrected chi connectivity index (χ0v) is 62.1. The molecule has 0 aliphatic heterocycles. The van der Waals surface area contributed by atoms with Gasteiger partial charge in [0, 0.05) is 0 Å². The third-order valence-electron chi connectivity index (χ3n) is 12.3. The third-order valence-corrected chi connectivity index (χ3v) is 15.5. The minimum Gasteiger partial charge on any atom is -0.780 e. The number of benzene rings is 7. The Labute approximate surface area is 584 Å². The Hall–Kier alpha value is -2.31. The summed E-state index contributed by atoms with van der Waals surface area (Å²) in [5, 5.41) is 21.2. The van der Waals surface area contributed by atoms with Crippen molar-refractivity contribution in [3.05, 3.63) is 256 Å². The molecule has 83 heavy (non-hydrogen) atoms. The summed E-state index contributed by atoms with van der Waals surface area (Å²) in [6.45, 7) is 1.92. The van der Waals surface area contributed by atoms with E-state index in [2.05, 4.69) is 149 Å². The summed E-state index contributed by atoms with van der Waals surface area (Å²) in [6.07, 6.45) is 30.0. The standard InChI is InChI=1S/C18H15P.C12H10.2C7H6O2S.4C5H10.CH5P.6CH3.2Au.2Ti/c1-4-10-16(11-5-1)19(17-12-6-2-7-13-17)18-14-8-3-9-15-18;1-3-7-11(8-4-1)12-9-5-2-6-10-12;2*8-7(9)5-1-3-6(10)4-2-5;4*1-2-4-5-3-1;1-2;;;;;;;;;;/h1-15H;1-10H;2*1-4,10H,(H,8,9);4*1-5H2;2H2,1H3;6*1H3;;;;/q;;;;;;;;;6*-1;2*+1;2*+3/p-1. The Kier molecular flexibility index (Phi) is 76.7. The van der Waals surface area contributed by atoms with Gasteiger partial charge in [-0.25, -0.2) is 9.59 Å². The van der Waals surface area contributed by atoms with E-state index in [4.69, 9.17) is 35.5 Å². The number of hydrogen-bond acceptors (Lipinski definition) is 4. The first-order chi connectivity index (χ1) is 35.8. The Bertz CT molecular complexity index is 2140. The molecule has 4 fully saturated rings. The van der Waals surface area contributed by atoms with Crippen LogP contribution in [0.2, 0.25) is 0 Å². The Balaban J connectivity index is -0.000000132. The normalized spacial score (nSPS) is 11.9. The van der Waals surface area contributed by atoms with Gasteiger partial charge in [-0.15, -0.1) is 9.24 Å². The van der Waals surface area contributed by atoms with E-state index in [9.17, 15) is 9.59 Å². The molecule has 7 aromatic carbocycles. The molecule has 2 radical (unpaired) electrons. The van der Waals surface area contributed by atoms with Crippen LogP contribution in [-0.4, -0.2) is 28.8 Å². The first-order valence-corrected chi connectivity index (χ1v) is 30.0. The summed E-state index contributed by atoms with van der Waals surface area (Å²) >= 11 is 9.53. The van der Waals surface area contributed by atoms with E-state index >= 15 is 0 Å². The number of carboxylic acids is 2. The molecule has 11 rings (SSSR count). The summed E-state index contributed by atoms with van der Waals surface area (Å²) in [7, 11) is 1.54. The van der Waals surface area contributed by atoms with Gasteiger partial charge in [-0.2, -0.15) is 9.79 Å². The third kappa shape index (κ3) is 46.5. The van der Waals surface area contributed by atoms with E-state index < -0.39 is 19.9 Å². The average molecular weight is 1630 g/mol. The van der Waals surface area contributed by atoms with E-state index in [1.54, 1.807) is 24.3 Å². The molecule has 0 saturated heterocycles. The van der Waals surface area contributed by atoms with E-state index in [0.717, 1.165) is 0 Å². The number of carboxylic acid groups (broad SMARTS) is 2. The predicted octanol–water partition coefficient (Wildman–Crippen LogP) is 20.1. The van der Waals surface area contributed by atoms with Crippen molar-refractivity contribution >= 4 is 70.3 Å². The summed E-state index contributed by atoms with van der Waals surface area (Å²) < 4.78 is 0. The maximum atomic E-state index is 10.3. The van der Waals surface area contributed by atoms with Gasteiger partial charge in [0.2, 0.25) is 0 Å². The van der Waals surface area contributed by atoms with Crippen molar-refractivity contribution in [3.8, 4) is 11.1 Å². The fraction of sp³-hybridized carbons (Fsp3) is 0.296. The van der Waals surface area contributed by atoms with Crippen LogP contribution in [0.4, 0.5) is 0 Å². The molecule has 1 atom stereocenters. The number of hydrogen-bond donors (Lipinski definition) is 2. The molecule has 2 N–H and O–H groups in total. The van der Waals surface area contributed by atoms with Gasteiger partial charge in [0.05, 0.1) is 19.0 Å². The van der Waals surface area contributed by atoms with Gasteiger partial charge >= 0.3 is 100 Å². The molecule has 7 aromatic rings. The van der Waals surface area contributed by atoms with Crippen LogP contribution in [0.5, 0.6) is 0 Å². The second-order valence-corrected chi connectivity index (χ2v) is 21.4. The van der Waals surface area contributed by atoms with Crippen LogP contribution < -0.4 is 15.9 Å². The van der Waals surface area contributed by atoms with Crippen molar-refractivity contribution in [1.29, 1.82) is 0 Å². The van der Waals surface area contributed by atoms with E-state index in [0.29, 0.717) is 9.79 Å². The van der Waals surface area contributed by atoms with Crippen molar-refractivity contribution in [2.75, 3.05) is 6.66 Å². The Morgan fingerprint density at radius 2 is 0.470 bits per heavy atom. The van der Waals surface area contributed by atoms with Crippen LogP contribution in [0.3, 0.4) is 0 Å².